The van der Waals surface area contributed by atoms with Gasteiger partial charge < -0.3 is 4.74 Å². The fourth-order valence-electron chi connectivity index (χ4n) is 9.59. The third-order valence-corrected chi connectivity index (χ3v) is 11.6. The van der Waals surface area contributed by atoms with Gasteiger partial charge in [-0.1, -0.05) is 51.0 Å². The number of allylic oxidation sites excluding steroid dienone is 2. The monoisotopic (exact) mass is 438 g/mol. The Hall–Kier alpha value is -1.05. The molecule has 0 heterocycles. The van der Waals surface area contributed by atoms with Gasteiger partial charge in [-0.25, -0.2) is 0 Å². The molecule has 32 heavy (non-hydrogen) atoms. The molecular weight excluding hydrogens is 392 g/mol. The third-order valence-electron chi connectivity index (χ3n) is 11.6. The zero-order valence-electron chi connectivity index (χ0n) is 21.4. The number of ether oxygens (including phenoxy) is 1. The Balaban J connectivity index is 1.43. The van der Waals surface area contributed by atoms with Crippen molar-refractivity contribution in [2.75, 3.05) is 0 Å². The quantitative estimate of drug-likeness (QED) is 0.329. The summed E-state index contributed by atoms with van der Waals surface area (Å²) >= 11 is 0. The van der Waals surface area contributed by atoms with Gasteiger partial charge in [-0.2, -0.15) is 0 Å². The van der Waals surface area contributed by atoms with E-state index >= 15 is 0 Å². The van der Waals surface area contributed by atoms with Crippen LogP contribution in [-0.4, -0.2) is 11.6 Å². The molecule has 0 amide bonds. The molecular formula is C30H46O2. The highest BCUT2D eigenvalue weighted by atomic mass is 16.6. The molecule has 7 atom stereocenters. The molecule has 4 fully saturated rings. The summed E-state index contributed by atoms with van der Waals surface area (Å²) in [4.78, 5) is 14.1. The third kappa shape index (κ3) is 3.13. The zero-order chi connectivity index (χ0) is 22.9. The highest BCUT2D eigenvalue weighted by Crippen LogP contribution is 2.72. The predicted molar refractivity (Wildman–Crippen MR) is 131 cm³/mol. The van der Waals surface area contributed by atoms with E-state index in [4.69, 9.17) is 4.74 Å². The van der Waals surface area contributed by atoms with E-state index in [0.717, 1.165) is 37.5 Å². The molecule has 0 saturated heterocycles. The molecule has 4 saturated carbocycles. The van der Waals surface area contributed by atoms with Gasteiger partial charge in [0.2, 0.25) is 0 Å². The molecule has 0 aromatic heterocycles. The molecule has 1 unspecified atom stereocenters. The highest BCUT2D eigenvalue weighted by molar-refractivity contribution is 5.78. The summed E-state index contributed by atoms with van der Waals surface area (Å²) in [5.74, 6) is 2.47. The molecule has 178 valence electrons. The van der Waals surface area contributed by atoms with Crippen molar-refractivity contribution < 1.29 is 9.53 Å². The van der Waals surface area contributed by atoms with E-state index in [2.05, 4.69) is 47.3 Å². The summed E-state index contributed by atoms with van der Waals surface area (Å²) in [6.07, 6.45) is 16.5. The first-order valence-corrected chi connectivity index (χ1v) is 13.6. The van der Waals surface area contributed by atoms with Gasteiger partial charge in [0.1, 0.15) is 5.60 Å². The van der Waals surface area contributed by atoms with Gasteiger partial charge in [-0.3, -0.25) is 4.79 Å². The van der Waals surface area contributed by atoms with Crippen molar-refractivity contribution in [2.45, 2.75) is 117 Å². The molecule has 0 aliphatic heterocycles. The van der Waals surface area contributed by atoms with E-state index in [0.29, 0.717) is 17.3 Å². The maximum Gasteiger partial charge on any atom is 0.312 e. The van der Waals surface area contributed by atoms with Crippen molar-refractivity contribution >= 4 is 5.97 Å². The predicted octanol–water partition coefficient (Wildman–Crippen LogP) is 8.02. The lowest BCUT2D eigenvalue weighted by Gasteiger charge is -2.63. The van der Waals surface area contributed by atoms with Crippen LogP contribution < -0.4 is 0 Å². The fourth-order valence-corrected chi connectivity index (χ4v) is 9.59. The van der Waals surface area contributed by atoms with Gasteiger partial charge >= 0.3 is 5.97 Å². The van der Waals surface area contributed by atoms with Crippen molar-refractivity contribution in [3.05, 3.63) is 23.8 Å². The molecule has 2 bridgehead atoms. The Kier molecular flexibility index (Phi) is 5.31. The van der Waals surface area contributed by atoms with Crippen molar-refractivity contribution in [1.82, 2.24) is 0 Å². The number of fused-ring (bicyclic) bond motifs is 3. The average Bonchev–Trinajstić information content (AvgIpc) is 2.97. The van der Waals surface area contributed by atoms with Crippen molar-refractivity contribution in [2.24, 2.45) is 39.9 Å². The van der Waals surface area contributed by atoms with Gasteiger partial charge in [0, 0.05) is 6.42 Å². The van der Waals surface area contributed by atoms with Gasteiger partial charge in [0.25, 0.3) is 0 Å². The summed E-state index contributed by atoms with van der Waals surface area (Å²) in [6, 6.07) is 0. The van der Waals surface area contributed by atoms with Crippen LogP contribution in [-0.2, 0) is 9.53 Å². The first kappa shape index (κ1) is 22.7. The van der Waals surface area contributed by atoms with E-state index in [1.165, 1.54) is 62.5 Å². The second-order valence-corrected chi connectivity index (χ2v) is 13.5. The van der Waals surface area contributed by atoms with Crippen LogP contribution in [0.5, 0.6) is 0 Å². The Bertz CT molecular complexity index is 838. The molecule has 0 N–H and O–H groups in total. The van der Waals surface area contributed by atoms with E-state index in [9.17, 15) is 4.79 Å². The summed E-state index contributed by atoms with van der Waals surface area (Å²) < 4.78 is 6.64. The fraction of sp³-hybridized carbons (Fsp3) is 0.833. The van der Waals surface area contributed by atoms with Crippen LogP contribution in [0.4, 0.5) is 0 Å². The Labute approximate surface area is 196 Å². The molecule has 0 aromatic carbocycles. The van der Waals surface area contributed by atoms with Crippen molar-refractivity contribution in [1.29, 1.82) is 0 Å². The summed E-state index contributed by atoms with van der Waals surface area (Å²) in [7, 11) is 0. The Morgan fingerprint density at radius 1 is 1.09 bits per heavy atom. The van der Waals surface area contributed by atoms with E-state index in [1.54, 1.807) is 0 Å². The van der Waals surface area contributed by atoms with Crippen LogP contribution in [0.25, 0.3) is 0 Å². The lowest BCUT2D eigenvalue weighted by atomic mass is 9.41. The standard InChI is InChI=1S/C30H46O2/c1-20(2)30(16-10-21(3)11-17-30)32-26(31)28(6)14-7-13-27(5)24(28)12-15-29-18-22(4)23(19-29)8-9-25(27)29/h10,20,23-25H,4,7-9,11-19H2,1-3,5-6H3/t23-,24+,25+,27-,28-,29-,30?/m1/s1. The van der Waals surface area contributed by atoms with E-state index in [1.807, 2.05) is 0 Å². The van der Waals surface area contributed by atoms with Gasteiger partial charge in [0.15, 0.2) is 0 Å². The topological polar surface area (TPSA) is 26.3 Å². The SMILES string of the molecule is C=C1C[C@@]23CC[C@H]4[C@@](C)(CCC[C@@]4(C)C(=O)OC4(C(C)C)CC=C(C)CC4)[C@@H]2CC[C@@H]1C3. The van der Waals surface area contributed by atoms with Gasteiger partial charge in [-0.05, 0) is 113 Å². The molecule has 5 aliphatic rings. The van der Waals surface area contributed by atoms with Crippen molar-refractivity contribution in [3.63, 3.8) is 0 Å². The lowest BCUT2D eigenvalue weighted by molar-refractivity contribution is -0.203. The van der Waals surface area contributed by atoms with Gasteiger partial charge in [0.05, 0.1) is 5.41 Å². The largest absolute Gasteiger partial charge is 0.458 e. The number of hydrogen-bond donors (Lipinski definition) is 0. The molecule has 2 heteroatoms. The second kappa shape index (κ2) is 7.47. The number of esters is 1. The first-order chi connectivity index (χ1) is 15.0. The Morgan fingerprint density at radius 3 is 2.56 bits per heavy atom. The lowest BCUT2D eigenvalue weighted by Crippen LogP contribution is -2.59. The summed E-state index contributed by atoms with van der Waals surface area (Å²) in [5, 5.41) is 0. The van der Waals surface area contributed by atoms with Crippen LogP contribution in [0.1, 0.15) is 112 Å². The molecule has 1 spiro atoms. The minimum Gasteiger partial charge on any atom is -0.458 e. The molecule has 0 aromatic rings. The number of carbonyl (C=O) groups is 1. The average molecular weight is 439 g/mol. The molecule has 5 rings (SSSR count). The van der Waals surface area contributed by atoms with Crippen LogP contribution in [0.15, 0.2) is 23.8 Å². The number of carbonyl (C=O) groups excluding carboxylic acids is 1. The Morgan fingerprint density at radius 2 is 1.88 bits per heavy atom. The normalized spacial score (nSPS) is 48.1. The van der Waals surface area contributed by atoms with Crippen LogP contribution >= 0.6 is 0 Å². The minimum atomic E-state index is -0.334. The molecule has 2 nitrogen and oxygen atoms in total. The molecule has 0 radical (unpaired) electrons. The smallest absolute Gasteiger partial charge is 0.312 e. The maximum absolute atomic E-state index is 14.1. The maximum atomic E-state index is 14.1. The van der Waals surface area contributed by atoms with E-state index < -0.39 is 0 Å². The minimum absolute atomic E-state index is 0.121. The highest BCUT2D eigenvalue weighted by Gasteiger charge is 2.65. The zero-order valence-corrected chi connectivity index (χ0v) is 21.4. The van der Waals surface area contributed by atoms with E-state index in [-0.39, 0.29) is 22.4 Å². The van der Waals surface area contributed by atoms with Crippen LogP contribution in [0.3, 0.4) is 0 Å². The number of rotatable bonds is 3. The molecule has 5 aliphatic carbocycles. The summed E-state index contributed by atoms with van der Waals surface area (Å²) in [5.41, 5.74) is 3.09. The van der Waals surface area contributed by atoms with Crippen LogP contribution in [0.2, 0.25) is 0 Å². The number of hydrogen-bond acceptors (Lipinski definition) is 2. The summed E-state index contributed by atoms with van der Waals surface area (Å²) in [6.45, 7) is 16.0. The van der Waals surface area contributed by atoms with Gasteiger partial charge in [-0.15, -0.1) is 0 Å². The second-order valence-electron chi connectivity index (χ2n) is 13.5. The van der Waals surface area contributed by atoms with Crippen molar-refractivity contribution in [3.8, 4) is 0 Å². The first-order valence-electron chi connectivity index (χ1n) is 13.6. The van der Waals surface area contributed by atoms with Crippen LogP contribution in [0, 0.1) is 39.9 Å².